The fourth-order valence-electron chi connectivity index (χ4n) is 2.35. The summed E-state index contributed by atoms with van der Waals surface area (Å²) in [7, 11) is 0. The van der Waals surface area contributed by atoms with Crippen molar-refractivity contribution in [1.82, 2.24) is 0 Å². The molecule has 0 aromatic carbocycles. The summed E-state index contributed by atoms with van der Waals surface area (Å²) < 4.78 is 5.54. The molecule has 0 saturated carbocycles. The number of unbranched alkanes of at least 4 members (excludes halogenated alkanes) is 1. The van der Waals surface area contributed by atoms with Crippen LogP contribution in [-0.4, -0.2) is 18.5 Å². The van der Waals surface area contributed by atoms with Gasteiger partial charge in [0.2, 0.25) is 0 Å². The first-order valence-corrected chi connectivity index (χ1v) is 6.92. The summed E-state index contributed by atoms with van der Waals surface area (Å²) >= 11 is 0. The van der Waals surface area contributed by atoms with Crippen molar-refractivity contribution < 1.29 is 9.53 Å². The molecule has 1 aliphatic heterocycles. The van der Waals surface area contributed by atoms with Gasteiger partial charge in [-0.2, -0.15) is 0 Å². The molecule has 0 N–H and O–H groups in total. The molecule has 0 aliphatic carbocycles. The molecule has 0 spiro atoms. The maximum atomic E-state index is 12.0. The number of hydrogen-bond acceptors (Lipinski definition) is 2. The highest BCUT2D eigenvalue weighted by atomic mass is 16.5. The first-order chi connectivity index (χ1) is 7.77. The minimum absolute atomic E-state index is 0.0792. The Kier molecular flexibility index (Phi) is 6.70. The van der Waals surface area contributed by atoms with Gasteiger partial charge in [-0.25, -0.2) is 0 Å². The van der Waals surface area contributed by atoms with Crippen molar-refractivity contribution in [2.45, 2.75) is 71.3 Å². The van der Waals surface area contributed by atoms with Crippen LogP contribution in [0.1, 0.15) is 65.2 Å². The van der Waals surface area contributed by atoms with Crippen LogP contribution in [0, 0.1) is 5.92 Å². The topological polar surface area (TPSA) is 26.3 Å². The molecule has 0 aromatic rings. The third kappa shape index (κ3) is 4.65. The molecule has 1 saturated heterocycles. The minimum Gasteiger partial charge on any atom is -0.370 e. The first kappa shape index (κ1) is 13.7. The van der Waals surface area contributed by atoms with Crippen molar-refractivity contribution in [3.63, 3.8) is 0 Å². The molecule has 2 nitrogen and oxygen atoms in total. The molecule has 1 heterocycles. The van der Waals surface area contributed by atoms with Gasteiger partial charge in [-0.3, -0.25) is 4.79 Å². The normalized spacial score (nSPS) is 23.0. The van der Waals surface area contributed by atoms with Crippen molar-refractivity contribution in [1.29, 1.82) is 0 Å². The number of hydrogen-bond donors (Lipinski definition) is 0. The van der Waals surface area contributed by atoms with Gasteiger partial charge in [0.05, 0.1) is 0 Å². The molecule has 2 heteroatoms. The summed E-state index contributed by atoms with van der Waals surface area (Å²) in [6.07, 6.45) is 8.68. The van der Waals surface area contributed by atoms with E-state index in [0.717, 1.165) is 38.7 Å². The van der Waals surface area contributed by atoms with Crippen LogP contribution >= 0.6 is 0 Å². The number of ketones is 1. The summed E-state index contributed by atoms with van der Waals surface area (Å²) in [6, 6.07) is 0. The predicted octanol–water partition coefficient (Wildman–Crippen LogP) is 3.73. The van der Waals surface area contributed by atoms with Gasteiger partial charge >= 0.3 is 0 Å². The molecule has 94 valence electrons. The number of carbonyl (C=O) groups is 1. The van der Waals surface area contributed by atoms with E-state index >= 15 is 0 Å². The molecule has 2 unspecified atom stereocenters. The Morgan fingerprint density at radius 1 is 1.38 bits per heavy atom. The number of carbonyl (C=O) groups excluding carboxylic acids is 1. The number of Topliss-reactive ketones (excluding diaryl/α,β-unsaturated/α-hetero) is 1. The summed E-state index contributed by atoms with van der Waals surface area (Å²) in [5.74, 6) is 0.931. The Labute approximate surface area is 99.8 Å². The zero-order valence-electron chi connectivity index (χ0n) is 10.8. The van der Waals surface area contributed by atoms with Gasteiger partial charge in [0, 0.05) is 13.0 Å². The fourth-order valence-corrected chi connectivity index (χ4v) is 2.35. The van der Waals surface area contributed by atoms with Crippen molar-refractivity contribution >= 4 is 5.78 Å². The molecule has 16 heavy (non-hydrogen) atoms. The van der Waals surface area contributed by atoms with Gasteiger partial charge in [0.1, 0.15) is 6.10 Å². The average Bonchev–Trinajstić information content (AvgIpc) is 2.35. The van der Waals surface area contributed by atoms with Crippen LogP contribution in [-0.2, 0) is 9.53 Å². The lowest BCUT2D eigenvalue weighted by molar-refractivity contribution is -0.134. The quantitative estimate of drug-likeness (QED) is 0.661. The SMILES string of the molecule is CCCCC(CC)CC(=O)C1CCCCO1. The Bertz CT molecular complexity index is 195. The van der Waals surface area contributed by atoms with Gasteiger partial charge in [0.25, 0.3) is 0 Å². The van der Waals surface area contributed by atoms with Gasteiger partial charge in [0.15, 0.2) is 5.78 Å². The highest BCUT2D eigenvalue weighted by molar-refractivity contribution is 5.83. The highest BCUT2D eigenvalue weighted by Crippen LogP contribution is 2.21. The second-order valence-corrected chi connectivity index (χ2v) is 4.94. The maximum Gasteiger partial charge on any atom is 0.161 e. The molecule has 0 radical (unpaired) electrons. The summed E-state index contributed by atoms with van der Waals surface area (Å²) in [4.78, 5) is 12.0. The molecule has 0 amide bonds. The third-order valence-corrected chi connectivity index (χ3v) is 3.57. The largest absolute Gasteiger partial charge is 0.370 e. The summed E-state index contributed by atoms with van der Waals surface area (Å²) in [5.41, 5.74) is 0. The van der Waals surface area contributed by atoms with E-state index in [4.69, 9.17) is 4.74 Å². The van der Waals surface area contributed by atoms with Crippen LogP contribution in [0.5, 0.6) is 0 Å². The van der Waals surface area contributed by atoms with Crippen LogP contribution in [0.15, 0.2) is 0 Å². The van der Waals surface area contributed by atoms with Gasteiger partial charge in [-0.05, 0) is 25.2 Å². The van der Waals surface area contributed by atoms with Crippen molar-refractivity contribution in [2.75, 3.05) is 6.61 Å². The lowest BCUT2D eigenvalue weighted by atomic mass is 9.91. The predicted molar refractivity (Wildman–Crippen MR) is 66.5 cm³/mol. The second kappa shape index (κ2) is 7.83. The zero-order valence-corrected chi connectivity index (χ0v) is 10.8. The molecule has 0 bridgehead atoms. The van der Waals surface area contributed by atoms with Crippen LogP contribution < -0.4 is 0 Å². The molecule has 1 aliphatic rings. The smallest absolute Gasteiger partial charge is 0.161 e. The Morgan fingerprint density at radius 3 is 2.75 bits per heavy atom. The van der Waals surface area contributed by atoms with Crippen molar-refractivity contribution in [2.24, 2.45) is 5.92 Å². The standard InChI is InChI=1S/C14H26O2/c1-3-5-8-12(4-2)11-13(15)14-9-6-7-10-16-14/h12,14H,3-11H2,1-2H3. The monoisotopic (exact) mass is 226 g/mol. The van der Waals surface area contributed by atoms with E-state index in [1.54, 1.807) is 0 Å². The number of rotatable bonds is 7. The van der Waals surface area contributed by atoms with Crippen LogP contribution in [0.25, 0.3) is 0 Å². The Balaban J connectivity index is 2.29. The third-order valence-electron chi connectivity index (χ3n) is 3.57. The highest BCUT2D eigenvalue weighted by Gasteiger charge is 2.23. The zero-order chi connectivity index (χ0) is 11.8. The van der Waals surface area contributed by atoms with Gasteiger partial charge in [-0.15, -0.1) is 0 Å². The molecule has 1 rings (SSSR count). The molecular formula is C14H26O2. The van der Waals surface area contributed by atoms with Crippen LogP contribution in [0.3, 0.4) is 0 Å². The Morgan fingerprint density at radius 2 is 2.19 bits per heavy atom. The minimum atomic E-state index is -0.0792. The summed E-state index contributed by atoms with van der Waals surface area (Å²) in [6.45, 7) is 5.18. The number of ether oxygens (including phenoxy) is 1. The maximum absolute atomic E-state index is 12.0. The lowest BCUT2D eigenvalue weighted by Gasteiger charge is -2.23. The van der Waals surface area contributed by atoms with Crippen molar-refractivity contribution in [3.05, 3.63) is 0 Å². The first-order valence-electron chi connectivity index (χ1n) is 6.92. The molecular weight excluding hydrogens is 200 g/mol. The molecule has 0 aromatic heterocycles. The van der Waals surface area contributed by atoms with E-state index in [1.165, 1.54) is 19.3 Å². The van der Waals surface area contributed by atoms with E-state index in [9.17, 15) is 4.79 Å². The average molecular weight is 226 g/mol. The van der Waals surface area contributed by atoms with E-state index in [2.05, 4.69) is 13.8 Å². The summed E-state index contributed by atoms with van der Waals surface area (Å²) in [5, 5.41) is 0. The van der Waals surface area contributed by atoms with E-state index in [0.29, 0.717) is 11.7 Å². The van der Waals surface area contributed by atoms with Gasteiger partial charge < -0.3 is 4.74 Å². The van der Waals surface area contributed by atoms with Crippen LogP contribution in [0.4, 0.5) is 0 Å². The van der Waals surface area contributed by atoms with E-state index in [-0.39, 0.29) is 6.10 Å². The second-order valence-electron chi connectivity index (χ2n) is 4.94. The van der Waals surface area contributed by atoms with E-state index < -0.39 is 0 Å². The van der Waals surface area contributed by atoms with Gasteiger partial charge in [-0.1, -0.05) is 39.5 Å². The fraction of sp³-hybridized carbons (Fsp3) is 0.929. The lowest BCUT2D eigenvalue weighted by Crippen LogP contribution is -2.29. The van der Waals surface area contributed by atoms with Crippen LogP contribution in [0.2, 0.25) is 0 Å². The van der Waals surface area contributed by atoms with Crippen molar-refractivity contribution in [3.8, 4) is 0 Å². The molecule has 1 fully saturated rings. The Hall–Kier alpha value is -0.370. The molecule has 2 atom stereocenters. The van der Waals surface area contributed by atoms with E-state index in [1.807, 2.05) is 0 Å².